The van der Waals surface area contributed by atoms with E-state index in [9.17, 15) is 0 Å². The molecular weight excluding hydrogens is 222 g/mol. The molecule has 1 N–H and O–H groups in total. The lowest BCUT2D eigenvalue weighted by Crippen LogP contribution is -2.58. The minimum atomic E-state index is 0.703. The lowest BCUT2D eigenvalue weighted by Gasteiger charge is -2.42. The van der Waals surface area contributed by atoms with E-state index in [1.807, 2.05) is 0 Å². The minimum Gasteiger partial charge on any atom is -0.311 e. The molecule has 0 spiro atoms. The van der Waals surface area contributed by atoms with E-state index < -0.39 is 0 Å². The van der Waals surface area contributed by atoms with Gasteiger partial charge in [-0.25, -0.2) is 0 Å². The number of hydrogen-bond donors (Lipinski definition) is 1. The van der Waals surface area contributed by atoms with Crippen LogP contribution < -0.4 is 5.32 Å². The summed E-state index contributed by atoms with van der Waals surface area (Å²) in [6.07, 6.45) is 3.90. The summed E-state index contributed by atoms with van der Waals surface area (Å²) < 4.78 is 0. The van der Waals surface area contributed by atoms with Crippen LogP contribution in [0.25, 0.3) is 0 Å². The highest BCUT2D eigenvalue weighted by Gasteiger charge is 2.28. The zero-order chi connectivity index (χ0) is 13.5. The molecule has 1 aliphatic heterocycles. The van der Waals surface area contributed by atoms with E-state index >= 15 is 0 Å². The predicted octanol–water partition coefficient (Wildman–Crippen LogP) is 2.04. The fraction of sp³-hybridized carbons (Fsp3) is 1.00. The van der Waals surface area contributed by atoms with Crippen LogP contribution in [-0.2, 0) is 0 Å². The molecule has 1 heterocycles. The first-order chi connectivity index (χ1) is 8.54. The van der Waals surface area contributed by atoms with Crippen LogP contribution in [-0.4, -0.2) is 62.2 Å². The zero-order valence-corrected chi connectivity index (χ0v) is 13.1. The Morgan fingerprint density at radius 3 is 2.56 bits per heavy atom. The average Bonchev–Trinajstić information content (AvgIpc) is 2.33. The molecule has 0 aromatic rings. The number of nitrogens with zero attached hydrogens (tertiary/aromatic N) is 2. The second kappa shape index (κ2) is 8.13. The number of unbranched alkanes of at least 4 members (excludes halogenated alkanes) is 1. The number of rotatable bonds is 7. The summed E-state index contributed by atoms with van der Waals surface area (Å²) in [4.78, 5) is 5.01. The van der Waals surface area contributed by atoms with Gasteiger partial charge in [0.15, 0.2) is 0 Å². The van der Waals surface area contributed by atoms with E-state index in [1.54, 1.807) is 0 Å². The maximum atomic E-state index is 3.69. The summed E-state index contributed by atoms with van der Waals surface area (Å²) in [5.41, 5.74) is 0. The highest BCUT2D eigenvalue weighted by atomic mass is 15.2. The quantitative estimate of drug-likeness (QED) is 0.702. The van der Waals surface area contributed by atoms with Crippen molar-refractivity contribution in [2.24, 2.45) is 5.92 Å². The molecule has 108 valence electrons. The molecule has 2 unspecified atom stereocenters. The number of nitrogens with one attached hydrogen (secondary N) is 1. The maximum Gasteiger partial charge on any atom is 0.0244 e. The van der Waals surface area contributed by atoms with Crippen LogP contribution in [0.1, 0.15) is 40.0 Å². The molecule has 1 saturated heterocycles. The first-order valence-corrected chi connectivity index (χ1v) is 7.66. The summed E-state index contributed by atoms with van der Waals surface area (Å²) >= 11 is 0. The van der Waals surface area contributed by atoms with Crippen molar-refractivity contribution in [2.45, 2.75) is 52.1 Å². The molecule has 1 aliphatic rings. The van der Waals surface area contributed by atoms with E-state index in [0.717, 1.165) is 12.0 Å². The molecule has 1 rings (SSSR count). The summed E-state index contributed by atoms with van der Waals surface area (Å²) in [7, 11) is 4.32. The Morgan fingerprint density at radius 1 is 1.28 bits per heavy atom. The van der Waals surface area contributed by atoms with E-state index in [0.29, 0.717) is 6.04 Å². The Hall–Kier alpha value is -0.120. The second-order valence-electron chi connectivity index (χ2n) is 6.33. The SMILES string of the molecule is CCC1CN(CCCCN(C)C)C(C(C)C)CN1. The molecule has 0 saturated carbocycles. The molecule has 0 bridgehead atoms. The normalized spacial score (nSPS) is 26.2. The summed E-state index contributed by atoms with van der Waals surface area (Å²) in [6.45, 7) is 11.9. The highest BCUT2D eigenvalue weighted by Crippen LogP contribution is 2.17. The third-order valence-electron chi connectivity index (χ3n) is 4.10. The third kappa shape index (κ3) is 5.25. The topological polar surface area (TPSA) is 18.5 Å². The van der Waals surface area contributed by atoms with Gasteiger partial charge in [0.1, 0.15) is 0 Å². The first kappa shape index (κ1) is 15.9. The van der Waals surface area contributed by atoms with Crippen LogP contribution in [0.2, 0.25) is 0 Å². The van der Waals surface area contributed by atoms with Crippen LogP contribution in [0.5, 0.6) is 0 Å². The summed E-state index contributed by atoms with van der Waals surface area (Å²) in [6, 6.07) is 1.43. The average molecular weight is 255 g/mol. The van der Waals surface area contributed by atoms with Crippen LogP contribution in [0.4, 0.5) is 0 Å². The summed E-state index contributed by atoms with van der Waals surface area (Å²) in [5, 5.41) is 3.69. The van der Waals surface area contributed by atoms with Gasteiger partial charge in [-0.2, -0.15) is 0 Å². The standard InChI is InChI=1S/C15H33N3/c1-6-14-12-18(10-8-7-9-17(4)5)15(11-16-14)13(2)3/h13-16H,6-12H2,1-5H3. The molecule has 0 amide bonds. The van der Waals surface area contributed by atoms with E-state index in [1.165, 1.54) is 45.4 Å². The molecule has 18 heavy (non-hydrogen) atoms. The molecule has 0 radical (unpaired) electrons. The lowest BCUT2D eigenvalue weighted by molar-refractivity contribution is 0.0947. The van der Waals surface area contributed by atoms with E-state index in [-0.39, 0.29) is 0 Å². The van der Waals surface area contributed by atoms with Crippen molar-refractivity contribution in [1.82, 2.24) is 15.1 Å². The van der Waals surface area contributed by atoms with Crippen LogP contribution >= 0.6 is 0 Å². The van der Waals surface area contributed by atoms with Gasteiger partial charge in [0.25, 0.3) is 0 Å². The van der Waals surface area contributed by atoms with Crippen molar-refractivity contribution in [3.05, 3.63) is 0 Å². The molecular formula is C15H33N3. The van der Waals surface area contributed by atoms with Crippen molar-refractivity contribution in [3.63, 3.8) is 0 Å². The van der Waals surface area contributed by atoms with Gasteiger partial charge in [-0.3, -0.25) is 4.90 Å². The third-order valence-corrected chi connectivity index (χ3v) is 4.10. The van der Waals surface area contributed by atoms with Crippen molar-refractivity contribution in [1.29, 1.82) is 0 Å². The molecule has 1 fully saturated rings. The molecule has 0 aromatic carbocycles. The monoisotopic (exact) mass is 255 g/mol. The molecule has 0 aliphatic carbocycles. The minimum absolute atomic E-state index is 0.703. The molecule has 0 aromatic heterocycles. The van der Waals surface area contributed by atoms with Crippen molar-refractivity contribution >= 4 is 0 Å². The van der Waals surface area contributed by atoms with E-state index in [2.05, 4.69) is 50.0 Å². The maximum absolute atomic E-state index is 3.69. The lowest BCUT2D eigenvalue weighted by atomic mass is 9.97. The van der Waals surface area contributed by atoms with Gasteiger partial charge in [-0.1, -0.05) is 20.8 Å². The van der Waals surface area contributed by atoms with Gasteiger partial charge in [0.2, 0.25) is 0 Å². The van der Waals surface area contributed by atoms with Gasteiger partial charge in [0.05, 0.1) is 0 Å². The Morgan fingerprint density at radius 2 is 2.00 bits per heavy atom. The molecule has 3 heteroatoms. The van der Waals surface area contributed by atoms with Crippen molar-refractivity contribution < 1.29 is 0 Å². The van der Waals surface area contributed by atoms with E-state index in [4.69, 9.17) is 0 Å². The molecule has 3 nitrogen and oxygen atoms in total. The Kier molecular flexibility index (Phi) is 7.20. The predicted molar refractivity (Wildman–Crippen MR) is 80.1 cm³/mol. The van der Waals surface area contributed by atoms with Crippen molar-refractivity contribution in [2.75, 3.05) is 40.3 Å². The van der Waals surface area contributed by atoms with Crippen LogP contribution in [0.3, 0.4) is 0 Å². The number of hydrogen-bond acceptors (Lipinski definition) is 3. The second-order valence-corrected chi connectivity index (χ2v) is 6.33. The smallest absolute Gasteiger partial charge is 0.0244 e. The Labute approximate surface area is 114 Å². The molecule has 2 atom stereocenters. The van der Waals surface area contributed by atoms with Gasteiger partial charge in [0, 0.05) is 25.2 Å². The number of piperazine rings is 1. The largest absolute Gasteiger partial charge is 0.311 e. The fourth-order valence-electron chi connectivity index (χ4n) is 2.83. The Balaban J connectivity index is 2.36. The zero-order valence-electron chi connectivity index (χ0n) is 13.1. The van der Waals surface area contributed by atoms with Crippen LogP contribution in [0, 0.1) is 5.92 Å². The van der Waals surface area contributed by atoms with Gasteiger partial charge >= 0.3 is 0 Å². The summed E-state index contributed by atoms with van der Waals surface area (Å²) in [5.74, 6) is 0.754. The van der Waals surface area contributed by atoms with Gasteiger partial charge < -0.3 is 10.2 Å². The van der Waals surface area contributed by atoms with Gasteiger partial charge in [-0.15, -0.1) is 0 Å². The fourth-order valence-corrected chi connectivity index (χ4v) is 2.83. The highest BCUT2D eigenvalue weighted by molar-refractivity contribution is 4.87. The van der Waals surface area contributed by atoms with Gasteiger partial charge in [-0.05, 0) is 52.4 Å². The van der Waals surface area contributed by atoms with Crippen LogP contribution in [0.15, 0.2) is 0 Å². The first-order valence-electron chi connectivity index (χ1n) is 7.66. The van der Waals surface area contributed by atoms with Crippen molar-refractivity contribution in [3.8, 4) is 0 Å². The Bertz CT molecular complexity index is 216.